The number of anilines is 2. The first kappa shape index (κ1) is 16.4. The summed E-state index contributed by atoms with van der Waals surface area (Å²) in [6, 6.07) is 2.03. The maximum absolute atomic E-state index is 12.0. The molecule has 3 heterocycles. The molecular weight excluding hydrogens is 340 g/mol. The summed E-state index contributed by atoms with van der Waals surface area (Å²) in [6.07, 6.45) is 9.38. The average Bonchev–Trinajstić information content (AvgIpc) is 3.56. The van der Waals surface area contributed by atoms with Gasteiger partial charge in [0.15, 0.2) is 5.65 Å². The number of hydrogen-bond donors (Lipinski definition) is 3. The summed E-state index contributed by atoms with van der Waals surface area (Å²) in [6.45, 7) is 5.75. The fraction of sp³-hybridized carbons (Fsp3) is 0.450. The summed E-state index contributed by atoms with van der Waals surface area (Å²) in [4.78, 5) is 16.8. The quantitative estimate of drug-likeness (QED) is 0.658. The minimum absolute atomic E-state index is 0.0885. The van der Waals surface area contributed by atoms with Crippen LogP contribution in [0.5, 0.6) is 0 Å². The van der Waals surface area contributed by atoms with Gasteiger partial charge in [0.25, 0.3) is 5.91 Å². The first-order valence-corrected chi connectivity index (χ1v) is 9.72. The molecule has 0 bridgehead atoms. The summed E-state index contributed by atoms with van der Waals surface area (Å²) in [5, 5.41) is 14.3. The molecule has 140 valence electrons. The second kappa shape index (κ2) is 6.40. The van der Waals surface area contributed by atoms with Crippen molar-refractivity contribution >= 4 is 29.3 Å². The van der Waals surface area contributed by atoms with Crippen LogP contribution < -0.4 is 16.0 Å². The van der Waals surface area contributed by atoms with E-state index in [0.717, 1.165) is 53.5 Å². The first-order valence-electron chi connectivity index (χ1n) is 9.72. The lowest BCUT2D eigenvalue weighted by atomic mass is 10.1. The van der Waals surface area contributed by atoms with E-state index in [1.54, 1.807) is 6.20 Å². The molecule has 2 aliphatic carbocycles. The summed E-state index contributed by atoms with van der Waals surface area (Å²) in [5.41, 5.74) is 3.03. The van der Waals surface area contributed by atoms with Gasteiger partial charge >= 0.3 is 0 Å². The minimum atomic E-state index is -0.0885. The van der Waals surface area contributed by atoms with Crippen molar-refractivity contribution in [1.82, 2.24) is 19.9 Å². The lowest BCUT2D eigenvalue weighted by Crippen LogP contribution is -2.12. The van der Waals surface area contributed by atoms with Gasteiger partial charge in [-0.3, -0.25) is 4.79 Å². The van der Waals surface area contributed by atoms with E-state index in [2.05, 4.69) is 27.6 Å². The molecule has 3 aliphatic rings. The number of amides is 1. The molecule has 1 saturated heterocycles. The molecule has 27 heavy (non-hydrogen) atoms. The normalized spacial score (nSPS) is 21.1. The van der Waals surface area contributed by atoms with Crippen molar-refractivity contribution in [2.75, 3.05) is 23.7 Å². The van der Waals surface area contributed by atoms with Crippen molar-refractivity contribution in [3.05, 3.63) is 35.7 Å². The third-order valence-electron chi connectivity index (χ3n) is 5.35. The number of hydrogen-bond acceptors (Lipinski definition) is 5. The van der Waals surface area contributed by atoms with Gasteiger partial charge in [0.1, 0.15) is 11.6 Å². The smallest absolute Gasteiger partial charge is 0.251 e. The molecule has 3 fully saturated rings. The van der Waals surface area contributed by atoms with Crippen LogP contribution >= 0.6 is 0 Å². The fourth-order valence-corrected chi connectivity index (χ4v) is 3.34. The lowest BCUT2D eigenvalue weighted by molar-refractivity contribution is -0.115. The van der Waals surface area contributed by atoms with Crippen molar-refractivity contribution in [2.24, 2.45) is 11.8 Å². The van der Waals surface area contributed by atoms with Crippen LogP contribution in [-0.2, 0) is 4.79 Å². The van der Waals surface area contributed by atoms with Gasteiger partial charge in [-0.25, -0.2) is 4.98 Å². The molecule has 1 aliphatic heterocycles. The van der Waals surface area contributed by atoms with Gasteiger partial charge < -0.3 is 16.0 Å². The van der Waals surface area contributed by atoms with Gasteiger partial charge in [0.2, 0.25) is 0 Å². The van der Waals surface area contributed by atoms with Crippen LogP contribution in [0, 0.1) is 11.8 Å². The van der Waals surface area contributed by atoms with E-state index in [9.17, 15) is 4.79 Å². The highest BCUT2D eigenvalue weighted by atomic mass is 16.2. The number of nitrogens with one attached hydrogen (secondary N) is 3. The van der Waals surface area contributed by atoms with E-state index in [1.165, 1.54) is 25.7 Å². The monoisotopic (exact) mass is 364 g/mol. The number of allylic oxidation sites excluding steroid dienone is 1. The summed E-state index contributed by atoms with van der Waals surface area (Å²) in [5.74, 6) is 3.24. The van der Waals surface area contributed by atoms with Crippen molar-refractivity contribution in [3.63, 3.8) is 0 Å². The third kappa shape index (κ3) is 3.54. The highest BCUT2D eigenvalue weighted by Crippen LogP contribution is 2.31. The Balaban J connectivity index is 1.50. The van der Waals surface area contributed by atoms with Gasteiger partial charge in [-0.2, -0.15) is 9.61 Å². The summed E-state index contributed by atoms with van der Waals surface area (Å²) in [7, 11) is 0. The van der Waals surface area contributed by atoms with Crippen LogP contribution in [0.25, 0.3) is 11.7 Å². The Kier molecular flexibility index (Phi) is 3.88. The second-order valence-corrected chi connectivity index (χ2v) is 7.91. The highest BCUT2D eigenvalue weighted by Gasteiger charge is 2.24. The van der Waals surface area contributed by atoms with Crippen molar-refractivity contribution in [3.8, 4) is 0 Å². The average molecular weight is 364 g/mol. The minimum Gasteiger partial charge on any atom is -0.370 e. The molecule has 2 aromatic heterocycles. The van der Waals surface area contributed by atoms with Crippen molar-refractivity contribution in [1.29, 1.82) is 0 Å². The van der Waals surface area contributed by atoms with Crippen LogP contribution in [-0.4, -0.2) is 33.6 Å². The predicted octanol–water partition coefficient (Wildman–Crippen LogP) is 2.79. The van der Waals surface area contributed by atoms with Crippen LogP contribution in [0.1, 0.15) is 37.7 Å². The van der Waals surface area contributed by atoms with Crippen LogP contribution in [0.15, 0.2) is 30.1 Å². The molecule has 0 unspecified atom stereocenters. The molecule has 0 radical (unpaired) electrons. The molecule has 3 N–H and O–H groups in total. The van der Waals surface area contributed by atoms with Gasteiger partial charge in [0, 0.05) is 42.4 Å². The summed E-state index contributed by atoms with van der Waals surface area (Å²) < 4.78 is 1.83. The van der Waals surface area contributed by atoms with Crippen molar-refractivity contribution in [2.45, 2.75) is 32.1 Å². The zero-order valence-corrected chi connectivity index (χ0v) is 15.3. The second-order valence-electron chi connectivity index (χ2n) is 7.91. The molecule has 0 aromatic carbocycles. The Morgan fingerprint density at radius 3 is 2.63 bits per heavy atom. The maximum Gasteiger partial charge on any atom is 0.251 e. The molecule has 7 heteroatoms. The number of fused-ring (bicyclic) bond motifs is 1. The number of rotatable bonds is 7. The van der Waals surface area contributed by atoms with Crippen LogP contribution in [0.3, 0.4) is 0 Å². The zero-order chi connectivity index (χ0) is 18.4. The molecule has 1 amide bonds. The lowest BCUT2D eigenvalue weighted by Gasteiger charge is -2.11. The standard InChI is InChI=1S/C20H24N6O/c1-12-6-15(20(27)24-12)7-16-11-23-26-18(22-10-14-4-5-14)8-17(25-19(16)26)21-9-13-2-3-13/h7-8,11,13-14,22H,1-6,9-10H2,(H,21,25)(H,24,27)/b15-7+. The van der Waals surface area contributed by atoms with Crippen molar-refractivity contribution < 1.29 is 4.79 Å². The van der Waals surface area contributed by atoms with Gasteiger partial charge in [-0.1, -0.05) is 6.58 Å². The first-order chi connectivity index (χ1) is 13.2. The van der Waals surface area contributed by atoms with Gasteiger partial charge in [0.05, 0.1) is 6.20 Å². The Morgan fingerprint density at radius 1 is 1.22 bits per heavy atom. The Labute approximate surface area is 157 Å². The summed E-state index contributed by atoms with van der Waals surface area (Å²) >= 11 is 0. The molecule has 5 rings (SSSR count). The highest BCUT2D eigenvalue weighted by molar-refractivity contribution is 6.02. The predicted molar refractivity (Wildman–Crippen MR) is 105 cm³/mol. The molecule has 0 atom stereocenters. The van der Waals surface area contributed by atoms with E-state index >= 15 is 0 Å². The molecular formula is C20H24N6O. The molecule has 0 spiro atoms. The number of nitrogens with zero attached hydrogens (tertiary/aromatic N) is 3. The maximum atomic E-state index is 12.0. The van der Waals surface area contributed by atoms with E-state index in [0.29, 0.717) is 12.0 Å². The van der Waals surface area contributed by atoms with E-state index < -0.39 is 0 Å². The SMILES string of the molecule is C=C1C/C(=C\c2cnn3c(NCC4CC4)cc(NCC4CC4)nc23)C(=O)N1. The number of aromatic nitrogens is 3. The Morgan fingerprint density at radius 2 is 1.96 bits per heavy atom. The number of carbonyl (C=O) groups excluding carboxylic acids is 1. The topological polar surface area (TPSA) is 83.3 Å². The molecule has 2 saturated carbocycles. The largest absolute Gasteiger partial charge is 0.370 e. The van der Waals surface area contributed by atoms with E-state index in [1.807, 2.05) is 16.7 Å². The Bertz CT molecular complexity index is 951. The molecule has 7 nitrogen and oxygen atoms in total. The van der Waals surface area contributed by atoms with E-state index in [4.69, 9.17) is 4.98 Å². The van der Waals surface area contributed by atoms with E-state index in [-0.39, 0.29) is 5.91 Å². The zero-order valence-electron chi connectivity index (χ0n) is 15.3. The third-order valence-corrected chi connectivity index (χ3v) is 5.35. The van der Waals surface area contributed by atoms with Crippen LogP contribution in [0.4, 0.5) is 11.6 Å². The number of carbonyl (C=O) groups is 1. The Hall–Kier alpha value is -2.83. The molecule has 2 aromatic rings. The van der Waals surface area contributed by atoms with Gasteiger partial charge in [-0.15, -0.1) is 0 Å². The van der Waals surface area contributed by atoms with Crippen LogP contribution in [0.2, 0.25) is 0 Å². The van der Waals surface area contributed by atoms with Gasteiger partial charge in [-0.05, 0) is 43.6 Å². The fourth-order valence-electron chi connectivity index (χ4n) is 3.34.